The largest absolute Gasteiger partial charge is 0.492 e. The van der Waals surface area contributed by atoms with Crippen LogP contribution in [0.25, 0.3) is 17.0 Å². The number of likely N-dealkylation sites (N-methyl/N-ethyl adjacent to an activating group) is 1. The first-order chi connectivity index (χ1) is 13.7. The van der Waals surface area contributed by atoms with E-state index < -0.39 is 0 Å². The minimum Gasteiger partial charge on any atom is -0.492 e. The number of carbonyl (C=O) groups is 1. The number of rotatable bonds is 6. The van der Waals surface area contributed by atoms with Gasteiger partial charge in [-0.25, -0.2) is 0 Å². The highest BCUT2D eigenvalue weighted by molar-refractivity contribution is 7.80. The van der Waals surface area contributed by atoms with E-state index in [-0.39, 0.29) is 5.91 Å². The average Bonchev–Trinajstić information content (AvgIpc) is 3.20. The number of ether oxygens (including phenoxy) is 1. The van der Waals surface area contributed by atoms with E-state index in [2.05, 4.69) is 28.2 Å². The van der Waals surface area contributed by atoms with Gasteiger partial charge in [0.15, 0.2) is 5.11 Å². The van der Waals surface area contributed by atoms with Crippen molar-refractivity contribution >= 4 is 40.2 Å². The molecule has 0 unspecified atom stereocenters. The molecule has 1 fully saturated rings. The summed E-state index contributed by atoms with van der Waals surface area (Å²) >= 11 is 5.25. The summed E-state index contributed by atoms with van der Waals surface area (Å²) in [5.41, 5.74) is 2.59. The van der Waals surface area contributed by atoms with Crippen molar-refractivity contribution in [2.45, 2.75) is 13.5 Å². The minimum absolute atomic E-state index is 0.0863. The van der Waals surface area contributed by atoms with Gasteiger partial charge in [-0.1, -0.05) is 36.4 Å². The Morgan fingerprint density at radius 1 is 1.11 bits per heavy atom. The summed E-state index contributed by atoms with van der Waals surface area (Å²) in [6.45, 7) is 3.73. The maximum absolute atomic E-state index is 12.5. The van der Waals surface area contributed by atoms with Crippen LogP contribution in [-0.4, -0.2) is 33.6 Å². The molecular formula is C22H21N3O2S. The van der Waals surface area contributed by atoms with Gasteiger partial charge in [0, 0.05) is 29.2 Å². The zero-order valence-electron chi connectivity index (χ0n) is 15.6. The van der Waals surface area contributed by atoms with Gasteiger partial charge in [-0.3, -0.25) is 9.69 Å². The van der Waals surface area contributed by atoms with Crippen molar-refractivity contribution in [1.82, 2.24) is 14.8 Å². The first kappa shape index (κ1) is 18.3. The second-order valence-electron chi connectivity index (χ2n) is 6.49. The van der Waals surface area contributed by atoms with Gasteiger partial charge in [0.25, 0.3) is 5.91 Å². The lowest BCUT2D eigenvalue weighted by atomic mass is 10.1. The van der Waals surface area contributed by atoms with Gasteiger partial charge in [0.1, 0.15) is 18.1 Å². The first-order valence-electron chi connectivity index (χ1n) is 9.27. The lowest BCUT2D eigenvalue weighted by molar-refractivity contribution is -0.122. The van der Waals surface area contributed by atoms with Crippen molar-refractivity contribution in [3.63, 3.8) is 0 Å². The molecule has 1 aromatic heterocycles. The van der Waals surface area contributed by atoms with E-state index in [4.69, 9.17) is 17.0 Å². The first-order valence-corrected chi connectivity index (χ1v) is 9.68. The molecule has 3 aromatic rings. The number of aromatic nitrogens is 1. The molecule has 142 valence electrons. The summed E-state index contributed by atoms with van der Waals surface area (Å²) in [5, 5.41) is 4.57. The Bertz CT molecular complexity index is 1060. The Balaban J connectivity index is 1.59. The fourth-order valence-electron chi connectivity index (χ4n) is 3.37. The Morgan fingerprint density at radius 3 is 2.61 bits per heavy atom. The van der Waals surface area contributed by atoms with Crippen LogP contribution in [0.1, 0.15) is 12.5 Å². The molecule has 0 radical (unpaired) electrons. The molecule has 5 nitrogen and oxygen atoms in total. The topological polar surface area (TPSA) is 46.5 Å². The zero-order valence-corrected chi connectivity index (χ0v) is 16.4. The maximum Gasteiger partial charge on any atom is 0.276 e. The molecule has 1 amide bonds. The SMILES string of the molecule is CCN1C(=O)/C(=C/c2cn(CCOc3ccccc3)c3ccccc23)NC1=S. The van der Waals surface area contributed by atoms with Gasteiger partial charge in [0.05, 0.1) is 6.54 Å². The Morgan fingerprint density at radius 2 is 1.86 bits per heavy atom. The quantitative estimate of drug-likeness (QED) is 0.513. The summed E-state index contributed by atoms with van der Waals surface area (Å²) in [6, 6.07) is 17.9. The standard InChI is InChI=1S/C22H21N3O2S/c1-2-25-21(26)19(23-22(25)28)14-16-15-24(20-11-7-6-10-18(16)20)12-13-27-17-8-4-3-5-9-17/h3-11,14-15H,2,12-13H2,1H3,(H,23,28)/b19-14-. The lowest BCUT2D eigenvalue weighted by Crippen LogP contribution is -2.30. The highest BCUT2D eigenvalue weighted by Gasteiger charge is 2.29. The van der Waals surface area contributed by atoms with Crippen LogP contribution in [0.2, 0.25) is 0 Å². The van der Waals surface area contributed by atoms with Crippen molar-refractivity contribution in [3.05, 3.63) is 72.1 Å². The van der Waals surface area contributed by atoms with Gasteiger partial charge in [-0.05, 0) is 43.4 Å². The molecule has 0 aliphatic carbocycles. The summed E-state index contributed by atoms with van der Waals surface area (Å²) < 4.78 is 7.99. The highest BCUT2D eigenvalue weighted by Crippen LogP contribution is 2.25. The van der Waals surface area contributed by atoms with Crippen LogP contribution in [0.4, 0.5) is 0 Å². The van der Waals surface area contributed by atoms with E-state index in [0.29, 0.717) is 30.5 Å². The molecule has 0 atom stereocenters. The van der Waals surface area contributed by atoms with Crippen LogP contribution in [0.3, 0.4) is 0 Å². The molecule has 2 aromatic carbocycles. The average molecular weight is 391 g/mol. The molecule has 1 N–H and O–H groups in total. The summed E-state index contributed by atoms with van der Waals surface area (Å²) in [4.78, 5) is 14.1. The van der Waals surface area contributed by atoms with E-state index in [1.807, 2.05) is 55.5 Å². The maximum atomic E-state index is 12.5. The summed E-state index contributed by atoms with van der Waals surface area (Å²) in [5.74, 6) is 0.770. The van der Waals surface area contributed by atoms with Gasteiger partial charge < -0.3 is 14.6 Å². The third kappa shape index (κ3) is 3.51. The molecule has 1 saturated heterocycles. The second-order valence-corrected chi connectivity index (χ2v) is 6.88. The predicted molar refractivity (Wildman–Crippen MR) is 115 cm³/mol. The molecule has 1 aliphatic rings. The van der Waals surface area contributed by atoms with Crippen molar-refractivity contribution in [2.24, 2.45) is 0 Å². The Labute approximate surface area is 169 Å². The molecule has 0 spiro atoms. The monoisotopic (exact) mass is 391 g/mol. The van der Waals surface area contributed by atoms with Gasteiger partial charge in [-0.15, -0.1) is 0 Å². The third-order valence-electron chi connectivity index (χ3n) is 4.74. The number of carbonyl (C=O) groups excluding carboxylic acids is 1. The Kier molecular flexibility index (Phi) is 5.12. The van der Waals surface area contributed by atoms with Crippen LogP contribution in [0.15, 0.2) is 66.5 Å². The lowest BCUT2D eigenvalue weighted by Gasteiger charge is -2.08. The number of para-hydroxylation sites is 2. The number of thiocarbonyl (C=S) groups is 1. The van der Waals surface area contributed by atoms with E-state index >= 15 is 0 Å². The number of nitrogens with zero attached hydrogens (tertiary/aromatic N) is 2. The summed E-state index contributed by atoms with van der Waals surface area (Å²) in [6.07, 6.45) is 3.93. The van der Waals surface area contributed by atoms with Crippen LogP contribution in [-0.2, 0) is 11.3 Å². The molecule has 4 rings (SSSR count). The molecule has 0 bridgehead atoms. The van der Waals surface area contributed by atoms with Crippen LogP contribution in [0.5, 0.6) is 5.75 Å². The predicted octanol–water partition coefficient (Wildman–Crippen LogP) is 3.80. The number of amides is 1. The van der Waals surface area contributed by atoms with Crippen molar-refractivity contribution in [3.8, 4) is 5.75 Å². The molecule has 6 heteroatoms. The second kappa shape index (κ2) is 7.86. The smallest absolute Gasteiger partial charge is 0.276 e. The van der Waals surface area contributed by atoms with Gasteiger partial charge in [0.2, 0.25) is 0 Å². The van der Waals surface area contributed by atoms with Crippen molar-refractivity contribution in [1.29, 1.82) is 0 Å². The van der Waals surface area contributed by atoms with Crippen LogP contribution in [0, 0.1) is 0 Å². The van der Waals surface area contributed by atoms with Crippen molar-refractivity contribution < 1.29 is 9.53 Å². The minimum atomic E-state index is -0.0863. The van der Waals surface area contributed by atoms with Gasteiger partial charge in [-0.2, -0.15) is 0 Å². The fraction of sp³-hybridized carbons (Fsp3) is 0.182. The van der Waals surface area contributed by atoms with E-state index in [1.165, 1.54) is 0 Å². The number of hydrogen-bond donors (Lipinski definition) is 1. The highest BCUT2D eigenvalue weighted by atomic mass is 32.1. The van der Waals surface area contributed by atoms with Gasteiger partial charge >= 0.3 is 0 Å². The number of hydrogen-bond acceptors (Lipinski definition) is 3. The molecule has 0 saturated carbocycles. The fourth-order valence-corrected chi connectivity index (χ4v) is 3.69. The molecule has 28 heavy (non-hydrogen) atoms. The molecular weight excluding hydrogens is 370 g/mol. The number of nitrogens with one attached hydrogen (secondary N) is 1. The number of fused-ring (bicyclic) bond motifs is 1. The van der Waals surface area contributed by atoms with Crippen molar-refractivity contribution in [2.75, 3.05) is 13.2 Å². The summed E-state index contributed by atoms with van der Waals surface area (Å²) in [7, 11) is 0. The third-order valence-corrected chi connectivity index (χ3v) is 5.06. The Hall–Kier alpha value is -3.12. The molecule has 2 heterocycles. The van der Waals surface area contributed by atoms with Crippen LogP contribution < -0.4 is 10.1 Å². The van der Waals surface area contributed by atoms with Crippen LogP contribution >= 0.6 is 12.2 Å². The number of benzene rings is 2. The molecule has 1 aliphatic heterocycles. The van der Waals surface area contributed by atoms with E-state index in [0.717, 1.165) is 22.2 Å². The normalized spacial score (nSPS) is 15.5. The van der Waals surface area contributed by atoms with E-state index in [9.17, 15) is 4.79 Å². The zero-order chi connectivity index (χ0) is 19.5. The van der Waals surface area contributed by atoms with E-state index in [1.54, 1.807) is 4.90 Å².